The van der Waals surface area contributed by atoms with Gasteiger partial charge >= 0.3 is 5.97 Å². The average molecular weight is 282 g/mol. The van der Waals surface area contributed by atoms with Crippen LogP contribution in [0.25, 0.3) is 0 Å². The first-order valence-electron chi connectivity index (χ1n) is 6.67. The summed E-state index contributed by atoms with van der Waals surface area (Å²) in [5, 5.41) is 13.0. The molecule has 0 amide bonds. The van der Waals surface area contributed by atoms with Crippen LogP contribution in [0.5, 0.6) is 0 Å². The molecule has 0 unspecified atom stereocenters. The Morgan fingerprint density at radius 3 is 2.19 bits per heavy atom. The molecule has 4 nitrogen and oxygen atoms in total. The third-order valence-corrected chi connectivity index (χ3v) is 3.26. The Balaban J connectivity index is 2.11. The largest absolute Gasteiger partial charge is 0.478 e. The van der Waals surface area contributed by atoms with Gasteiger partial charge in [0, 0.05) is 5.56 Å². The Bertz CT molecular complexity index is 665. The molecule has 0 bridgehead atoms. The van der Waals surface area contributed by atoms with Crippen LogP contribution in [0.2, 0.25) is 0 Å². The summed E-state index contributed by atoms with van der Waals surface area (Å²) in [6.07, 6.45) is 1.79. The van der Waals surface area contributed by atoms with E-state index in [1.54, 1.807) is 30.5 Å². The lowest BCUT2D eigenvalue weighted by molar-refractivity contribution is 0.0697. The monoisotopic (exact) mass is 282 g/mol. The SMILES string of the molecule is Cc1cc(C)c(C=NNc2ccc(C(=O)O)cc2)c(C)c1. The van der Waals surface area contributed by atoms with Gasteiger partial charge in [0.25, 0.3) is 0 Å². The van der Waals surface area contributed by atoms with E-state index in [1.165, 1.54) is 16.7 Å². The van der Waals surface area contributed by atoms with Crippen molar-refractivity contribution in [2.24, 2.45) is 5.10 Å². The van der Waals surface area contributed by atoms with E-state index in [0.29, 0.717) is 0 Å². The normalized spacial score (nSPS) is 10.8. The Morgan fingerprint density at radius 2 is 1.67 bits per heavy atom. The van der Waals surface area contributed by atoms with Gasteiger partial charge in [0.2, 0.25) is 0 Å². The first kappa shape index (κ1) is 14.8. The average Bonchev–Trinajstić information content (AvgIpc) is 2.42. The molecule has 0 saturated heterocycles. The second kappa shape index (κ2) is 6.22. The number of rotatable bonds is 4. The van der Waals surface area contributed by atoms with Gasteiger partial charge in [-0.05, 0) is 56.2 Å². The first-order chi connectivity index (χ1) is 9.97. The van der Waals surface area contributed by atoms with Crippen LogP contribution in [0.1, 0.15) is 32.6 Å². The lowest BCUT2D eigenvalue weighted by atomic mass is 10.0. The highest BCUT2D eigenvalue weighted by Crippen LogP contribution is 2.15. The van der Waals surface area contributed by atoms with Gasteiger partial charge in [-0.15, -0.1) is 0 Å². The van der Waals surface area contributed by atoms with E-state index in [1.807, 2.05) is 0 Å². The van der Waals surface area contributed by atoms with Crippen LogP contribution < -0.4 is 5.43 Å². The van der Waals surface area contributed by atoms with E-state index < -0.39 is 5.97 Å². The van der Waals surface area contributed by atoms with Crippen molar-refractivity contribution in [2.45, 2.75) is 20.8 Å². The number of carboxylic acids is 1. The molecule has 21 heavy (non-hydrogen) atoms. The van der Waals surface area contributed by atoms with E-state index in [9.17, 15) is 4.79 Å². The maximum atomic E-state index is 10.8. The summed E-state index contributed by atoms with van der Waals surface area (Å²) in [5.74, 6) is -0.934. The molecule has 0 aliphatic rings. The molecular weight excluding hydrogens is 264 g/mol. The van der Waals surface area contributed by atoms with Crippen molar-refractivity contribution in [1.29, 1.82) is 0 Å². The van der Waals surface area contributed by atoms with E-state index in [4.69, 9.17) is 5.11 Å². The number of nitrogens with one attached hydrogen (secondary N) is 1. The number of hydrogen-bond donors (Lipinski definition) is 2. The van der Waals surface area contributed by atoms with Crippen LogP contribution in [0.3, 0.4) is 0 Å². The van der Waals surface area contributed by atoms with Crippen molar-refractivity contribution in [3.63, 3.8) is 0 Å². The molecule has 0 saturated carbocycles. The molecule has 108 valence electrons. The van der Waals surface area contributed by atoms with Crippen LogP contribution in [-0.2, 0) is 0 Å². The zero-order chi connectivity index (χ0) is 15.4. The fourth-order valence-corrected chi connectivity index (χ4v) is 2.25. The molecule has 0 aliphatic carbocycles. The van der Waals surface area contributed by atoms with Gasteiger partial charge < -0.3 is 5.11 Å². The standard InChI is InChI=1S/C17H18N2O2/c1-11-8-12(2)16(13(3)9-11)10-18-19-15-6-4-14(5-7-15)17(20)21/h4-10,19H,1-3H3,(H,20,21). The molecule has 0 radical (unpaired) electrons. The number of carboxylic acid groups (broad SMARTS) is 1. The van der Waals surface area contributed by atoms with Crippen LogP contribution in [-0.4, -0.2) is 17.3 Å². The summed E-state index contributed by atoms with van der Waals surface area (Å²) >= 11 is 0. The maximum absolute atomic E-state index is 10.8. The Morgan fingerprint density at radius 1 is 1.10 bits per heavy atom. The van der Waals surface area contributed by atoms with Crippen molar-refractivity contribution in [3.8, 4) is 0 Å². The van der Waals surface area contributed by atoms with Crippen molar-refractivity contribution < 1.29 is 9.90 Å². The summed E-state index contributed by atoms with van der Waals surface area (Å²) in [6.45, 7) is 6.19. The summed E-state index contributed by atoms with van der Waals surface area (Å²) in [6, 6.07) is 10.7. The Labute approximate surface area is 124 Å². The number of aromatic carboxylic acids is 1. The van der Waals surface area contributed by atoms with Crippen molar-refractivity contribution in [2.75, 3.05) is 5.43 Å². The molecule has 0 aliphatic heterocycles. The number of hydrogen-bond acceptors (Lipinski definition) is 3. The maximum Gasteiger partial charge on any atom is 0.335 e. The van der Waals surface area contributed by atoms with Gasteiger partial charge in [0.15, 0.2) is 0 Å². The van der Waals surface area contributed by atoms with Crippen molar-refractivity contribution in [1.82, 2.24) is 0 Å². The highest BCUT2D eigenvalue weighted by Gasteiger charge is 2.02. The minimum absolute atomic E-state index is 0.259. The molecule has 0 fully saturated rings. The van der Waals surface area contributed by atoms with Gasteiger partial charge in [-0.25, -0.2) is 4.79 Å². The summed E-state index contributed by atoms with van der Waals surface area (Å²) < 4.78 is 0. The predicted molar refractivity (Wildman–Crippen MR) is 85.3 cm³/mol. The van der Waals surface area contributed by atoms with Crippen molar-refractivity contribution >= 4 is 17.9 Å². The van der Waals surface area contributed by atoms with E-state index in [2.05, 4.69) is 43.4 Å². The quantitative estimate of drug-likeness (QED) is 0.663. The fraction of sp³-hybridized carbons (Fsp3) is 0.176. The summed E-state index contributed by atoms with van der Waals surface area (Å²) in [7, 11) is 0. The van der Waals surface area contributed by atoms with Crippen LogP contribution in [0, 0.1) is 20.8 Å². The number of nitrogens with zero attached hydrogens (tertiary/aromatic N) is 1. The van der Waals surface area contributed by atoms with Crippen molar-refractivity contribution in [3.05, 3.63) is 64.2 Å². The molecule has 0 aromatic heterocycles. The zero-order valence-electron chi connectivity index (χ0n) is 12.3. The lowest BCUT2D eigenvalue weighted by Crippen LogP contribution is -1.98. The number of aryl methyl sites for hydroxylation is 3. The van der Waals surface area contributed by atoms with Crippen LogP contribution >= 0.6 is 0 Å². The molecule has 0 heterocycles. The second-order valence-electron chi connectivity index (χ2n) is 5.06. The number of anilines is 1. The van der Waals surface area contributed by atoms with Gasteiger partial charge in [-0.3, -0.25) is 5.43 Å². The third-order valence-electron chi connectivity index (χ3n) is 3.26. The van der Waals surface area contributed by atoms with Gasteiger partial charge in [-0.1, -0.05) is 17.7 Å². The topological polar surface area (TPSA) is 61.7 Å². The number of benzene rings is 2. The van der Waals surface area contributed by atoms with E-state index in [-0.39, 0.29) is 5.56 Å². The molecule has 4 heteroatoms. The predicted octanol–water partition coefficient (Wildman–Crippen LogP) is 3.76. The minimum Gasteiger partial charge on any atom is -0.478 e. The summed E-state index contributed by atoms with van der Waals surface area (Å²) in [4.78, 5) is 10.8. The molecule has 0 atom stereocenters. The smallest absolute Gasteiger partial charge is 0.335 e. The molecule has 0 spiro atoms. The Hall–Kier alpha value is -2.62. The fourth-order valence-electron chi connectivity index (χ4n) is 2.25. The second-order valence-corrected chi connectivity index (χ2v) is 5.06. The van der Waals surface area contributed by atoms with Gasteiger partial charge in [0.05, 0.1) is 17.5 Å². The van der Waals surface area contributed by atoms with Crippen LogP contribution in [0.4, 0.5) is 5.69 Å². The molecule has 2 aromatic carbocycles. The zero-order valence-corrected chi connectivity index (χ0v) is 12.3. The van der Waals surface area contributed by atoms with Gasteiger partial charge in [0.1, 0.15) is 0 Å². The highest BCUT2D eigenvalue weighted by molar-refractivity contribution is 5.88. The van der Waals surface area contributed by atoms with Crippen LogP contribution in [0.15, 0.2) is 41.5 Å². The first-order valence-corrected chi connectivity index (χ1v) is 6.67. The lowest BCUT2D eigenvalue weighted by Gasteiger charge is -2.07. The van der Waals surface area contributed by atoms with E-state index >= 15 is 0 Å². The van der Waals surface area contributed by atoms with Gasteiger partial charge in [-0.2, -0.15) is 5.10 Å². The third kappa shape index (κ3) is 3.69. The Kier molecular flexibility index (Phi) is 4.38. The minimum atomic E-state index is -0.934. The highest BCUT2D eigenvalue weighted by atomic mass is 16.4. The van der Waals surface area contributed by atoms with E-state index in [0.717, 1.165) is 11.3 Å². The molecular formula is C17H18N2O2. The molecule has 2 aromatic rings. The molecule has 2 N–H and O–H groups in total. The number of hydrazone groups is 1. The molecule has 2 rings (SSSR count). The number of carbonyl (C=O) groups is 1. The summed E-state index contributed by atoms with van der Waals surface area (Å²) in [5.41, 5.74) is 8.60.